The minimum Gasteiger partial charge on any atom is -0.332 e. The fraction of sp³-hybridized carbons (Fsp3) is 0.462. The molecule has 0 bridgehead atoms. The first-order valence-corrected chi connectivity index (χ1v) is 13.1. The van der Waals surface area contributed by atoms with Crippen molar-refractivity contribution in [2.24, 2.45) is 11.8 Å². The lowest BCUT2D eigenvalue weighted by atomic mass is 9.94. The number of piperidine rings is 1. The molecule has 2 amide bonds. The van der Waals surface area contributed by atoms with Gasteiger partial charge < -0.3 is 10.2 Å². The van der Waals surface area contributed by atoms with E-state index >= 15 is 0 Å². The van der Waals surface area contributed by atoms with Crippen molar-refractivity contribution in [1.29, 1.82) is 0 Å². The van der Waals surface area contributed by atoms with Crippen LogP contribution in [-0.4, -0.2) is 56.1 Å². The summed E-state index contributed by atoms with van der Waals surface area (Å²) in [6, 6.07) is 9.96. The van der Waals surface area contributed by atoms with Crippen molar-refractivity contribution < 1.29 is 18.0 Å². The van der Waals surface area contributed by atoms with Crippen molar-refractivity contribution in [2.75, 3.05) is 32.0 Å². The fourth-order valence-electron chi connectivity index (χ4n) is 4.78. The standard InChI is InChI=1S/C26H35N3O4S/c1-17-12-20(4)25(21(5)13-17)27-24(30)16-28(6)26(31)22-7-9-23(10-8-22)34(32,33)29-14-18(2)11-19(3)15-29/h7-10,12-13,18-19H,11,14-16H2,1-6H3,(H,27,30)/t18-,19+. The van der Waals surface area contributed by atoms with Crippen LogP contribution in [0.4, 0.5) is 5.69 Å². The number of carbonyl (C=O) groups is 2. The zero-order valence-electron chi connectivity index (χ0n) is 20.9. The molecule has 1 aliphatic rings. The van der Waals surface area contributed by atoms with Gasteiger partial charge in [-0.2, -0.15) is 4.31 Å². The van der Waals surface area contributed by atoms with Crippen LogP contribution in [0.15, 0.2) is 41.3 Å². The number of likely N-dealkylation sites (N-methyl/N-ethyl adjacent to an activating group) is 1. The lowest BCUT2D eigenvalue weighted by Crippen LogP contribution is -2.42. The van der Waals surface area contributed by atoms with Crippen LogP contribution in [0.3, 0.4) is 0 Å². The van der Waals surface area contributed by atoms with Gasteiger partial charge in [0.1, 0.15) is 0 Å². The van der Waals surface area contributed by atoms with Gasteiger partial charge in [0.2, 0.25) is 15.9 Å². The van der Waals surface area contributed by atoms with Gasteiger partial charge >= 0.3 is 0 Å². The zero-order chi connectivity index (χ0) is 25.2. The highest BCUT2D eigenvalue weighted by Crippen LogP contribution is 2.27. The maximum absolute atomic E-state index is 13.1. The molecule has 8 heteroatoms. The van der Waals surface area contributed by atoms with Crippen molar-refractivity contribution in [3.8, 4) is 0 Å². The predicted molar refractivity (Wildman–Crippen MR) is 134 cm³/mol. The van der Waals surface area contributed by atoms with Crippen molar-refractivity contribution in [1.82, 2.24) is 9.21 Å². The number of nitrogens with one attached hydrogen (secondary N) is 1. The molecule has 0 aromatic heterocycles. The third kappa shape index (κ3) is 5.85. The number of amides is 2. The number of benzene rings is 2. The molecular formula is C26H35N3O4S. The molecule has 0 spiro atoms. The molecular weight excluding hydrogens is 450 g/mol. The minimum absolute atomic E-state index is 0.116. The molecule has 0 unspecified atom stereocenters. The van der Waals surface area contributed by atoms with Crippen molar-refractivity contribution >= 4 is 27.5 Å². The number of hydrogen-bond donors (Lipinski definition) is 1. The number of aryl methyl sites for hydroxylation is 3. The van der Waals surface area contributed by atoms with E-state index in [1.54, 1.807) is 7.05 Å². The van der Waals surface area contributed by atoms with Gasteiger partial charge in [0.25, 0.3) is 5.91 Å². The summed E-state index contributed by atoms with van der Waals surface area (Å²) in [5.74, 6) is -0.0200. The molecule has 1 N–H and O–H groups in total. The predicted octanol–water partition coefficient (Wildman–Crippen LogP) is 3.99. The Balaban J connectivity index is 1.66. The van der Waals surface area contributed by atoms with Gasteiger partial charge in [-0.1, -0.05) is 31.5 Å². The SMILES string of the molecule is Cc1cc(C)c(NC(=O)CN(C)C(=O)c2ccc(S(=O)(=O)N3C[C@H](C)C[C@H](C)C3)cc2)c(C)c1. The Bertz CT molecular complexity index is 1140. The van der Waals surface area contributed by atoms with Gasteiger partial charge in [0.05, 0.1) is 11.4 Å². The van der Waals surface area contributed by atoms with E-state index in [0.29, 0.717) is 30.5 Å². The first-order chi connectivity index (χ1) is 15.9. The van der Waals surface area contributed by atoms with Gasteiger partial charge in [-0.25, -0.2) is 8.42 Å². The van der Waals surface area contributed by atoms with Crippen LogP contribution in [-0.2, 0) is 14.8 Å². The Labute approximate surface area is 203 Å². The van der Waals surface area contributed by atoms with Crippen molar-refractivity contribution in [3.63, 3.8) is 0 Å². The largest absolute Gasteiger partial charge is 0.332 e. The summed E-state index contributed by atoms with van der Waals surface area (Å²) in [7, 11) is -2.06. The average Bonchev–Trinajstić information content (AvgIpc) is 2.75. The lowest BCUT2D eigenvalue weighted by Gasteiger charge is -2.34. The number of sulfonamides is 1. The normalized spacial score (nSPS) is 19.0. The molecule has 2 aromatic rings. The first kappa shape index (κ1) is 25.9. The highest BCUT2D eigenvalue weighted by atomic mass is 32.2. The third-order valence-corrected chi connectivity index (χ3v) is 8.09. The number of anilines is 1. The van der Waals surface area contributed by atoms with E-state index in [2.05, 4.69) is 19.2 Å². The summed E-state index contributed by atoms with van der Waals surface area (Å²) < 4.78 is 27.7. The Morgan fingerprint density at radius 2 is 1.53 bits per heavy atom. The van der Waals surface area contributed by atoms with E-state index < -0.39 is 10.0 Å². The quantitative estimate of drug-likeness (QED) is 0.670. The van der Waals surface area contributed by atoms with E-state index in [9.17, 15) is 18.0 Å². The number of rotatable bonds is 6. The third-order valence-electron chi connectivity index (χ3n) is 6.24. The summed E-state index contributed by atoms with van der Waals surface area (Å²) in [5.41, 5.74) is 4.14. The number of carbonyl (C=O) groups excluding carboxylic acids is 2. The summed E-state index contributed by atoms with van der Waals surface area (Å²) in [5, 5.41) is 2.90. The van der Waals surface area contributed by atoms with Gasteiger partial charge in [-0.3, -0.25) is 9.59 Å². The second-order valence-corrected chi connectivity index (χ2v) is 11.7. The Morgan fingerprint density at radius 1 is 1.00 bits per heavy atom. The molecule has 2 atom stereocenters. The number of nitrogens with zero attached hydrogens (tertiary/aromatic N) is 2. The first-order valence-electron chi connectivity index (χ1n) is 11.6. The Kier molecular flexibility index (Phi) is 7.83. The molecule has 0 radical (unpaired) electrons. The average molecular weight is 486 g/mol. The van der Waals surface area contributed by atoms with Crippen molar-refractivity contribution in [3.05, 3.63) is 58.7 Å². The highest BCUT2D eigenvalue weighted by molar-refractivity contribution is 7.89. The van der Waals surface area contributed by atoms with E-state index in [0.717, 1.165) is 28.8 Å². The Hall–Kier alpha value is -2.71. The van der Waals surface area contributed by atoms with Crippen LogP contribution in [0.1, 0.15) is 47.3 Å². The molecule has 1 heterocycles. The van der Waals surface area contributed by atoms with Crippen LogP contribution in [0.25, 0.3) is 0 Å². The van der Waals surface area contributed by atoms with Crippen LogP contribution in [0.2, 0.25) is 0 Å². The molecule has 0 saturated carbocycles. The van der Waals surface area contributed by atoms with Gasteiger partial charge in [0.15, 0.2) is 0 Å². The molecule has 7 nitrogen and oxygen atoms in total. The summed E-state index contributed by atoms with van der Waals surface area (Å²) in [4.78, 5) is 26.9. The van der Waals surface area contributed by atoms with Crippen molar-refractivity contribution in [2.45, 2.75) is 45.9 Å². The van der Waals surface area contributed by atoms with Crippen LogP contribution < -0.4 is 5.32 Å². The minimum atomic E-state index is -3.61. The van der Waals surface area contributed by atoms with Gasteiger partial charge in [0, 0.05) is 31.4 Å². The maximum atomic E-state index is 13.1. The highest BCUT2D eigenvalue weighted by Gasteiger charge is 2.31. The van der Waals surface area contributed by atoms with E-state index in [4.69, 9.17) is 0 Å². The van der Waals surface area contributed by atoms with Crippen LogP contribution >= 0.6 is 0 Å². The molecule has 1 fully saturated rings. The molecule has 2 aromatic carbocycles. The van der Waals surface area contributed by atoms with Crippen LogP contribution in [0.5, 0.6) is 0 Å². The van der Waals surface area contributed by atoms with E-state index in [-0.39, 0.29) is 23.3 Å². The fourth-order valence-corrected chi connectivity index (χ4v) is 6.46. The monoisotopic (exact) mass is 485 g/mol. The molecule has 1 saturated heterocycles. The smallest absolute Gasteiger partial charge is 0.254 e. The van der Waals surface area contributed by atoms with E-state index in [1.165, 1.54) is 33.5 Å². The summed E-state index contributed by atoms with van der Waals surface area (Å²) in [6.45, 7) is 10.9. The number of hydrogen-bond acceptors (Lipinski definition) is 4. The topological polar surface area (TPSA) is 86.8 Å². The van der Waals surface area contributed by atoms with E-state index in [1.807, 2.05) is 32.9 Å². The second-order valence-electron chi connectivity index (χ2n) is 9.78. The maximum Gasteiger partial charge on any atom is 0.254 e. The summed E-state index contributed by atoms with van der Waals surface area (Å²) >= 11 is 0. The molecule has 0 aliphatic carbocycles. The molecule has 184 valence electrons. The lowest BCUT2D eigenvalue weighted by molar-refractivity contribution is -0.116. The molecule has 1 aliphatic heterocycles. The molecule has 3 rings (SSSR count). The molecule has 34 heavy (non-hydrogen) atoms. The Morgan fingerprint density at radius 3 is 2.06 bits per heavy atom. The van der Waals surface area contributed by atoms with Gasteiger partial charge in [-0.05, 0) is 74.4 Å². The zero-order valence-corrected chi connectivity index (χ0v) is 21.7. The second kappa shape index (κ2) is 10.3. The summed E-state index contributed by atoms with van der Waals surface area (Å²) in [6.07, 6.45) is 1.02. The van der Waals surface area contributed by atoms with Crippen LogP contribution in [0, 0.1) is 32.6 Å². The van der Waals surface area contributed by atoms with Gasteiger partial charge in [-0.15, -0.1) is 0 Å².